The fraction of sp³-hybridized carbons (Fsp3) is 0.217. The predicted molar refractivity (Wildman–Crippen MR) is 118 cm³/mol. The Balaban J connectivity index is 2.23. The van der Waals surface area contributed by atoms with E-state index in [4.69, 9.17) is 17.3 Å². The summed E-state index contributed by atoms with van der Waals surface area (Å²) in [5, 5.41) is 0.736. The molecule has 3 N–H and O–H groups in total. The van der Waals surface area contributed by atoms with Gasteiger partial charge in [0.2, 0.25) is 5.91 Å². The minimum Gasteiger partial charge on any atom is -0.366 e. The maximum absolute atomic E-state index is 15.2. The van der Waals surface area contributed by atoms with Crippen LogP contribution < -0.4 is 5.73 Å². The first-order chi connectivity index (χ1) is 14.2. The van der Waals surface area contributed by atoms with Gasteiger partial charge in [-0.2, -0.15) is 0 Å². The molecule has 5 nitrogen and oxygen atoms in total. The van der Waals surface area contributed by atoms with Crippen molar-refractivity contribution in [3.63, 3.8) is 0 Å². The van der Waals surface area contributed by atoms with Crippen LogP contribution in [-0.2, 0) is 4.79 Å². The molecular formula is C23H23ClFN3O2. The molecule has 0 saturated carbocycles. The molecule has 0 unspecified atom stereocenters. The standard InChI is InChI=1S/C23H23ClFN3O2/c1-5-18(29)28(6-2)13(4)14-8-7-9-15(10-14)19-17(25)11-16(23(26)30)22-20(19)21(24)12(3)27-22/h5,7-11,13,27H,1,6H2,2-4H3,(H2,26,30)/t13-/m1/s1. The second-order valence-electron chi connectivity index (χ2n) is 7.09. The van der Waals surface area contributed by atoms with E-state index >= 15 is 4.39 Å². The molecule has 0 saturated heterocycles. The van der Waals surface area contributed by atoms with E-state index in [1.54, 1.807) is 24.0 Å². The molecular weight excluding hydrogens is 405 g/mol. The SMILES string of the molecule is C=CC(=O)N(CC)[C@H](C)c1cccc(-c2c(F)cc(C(N)=O)c3[nH]c(C)c(Cl)c23)c1. The number of fused-ring (bicyclic) bond motifs is 1. The minimum atomic E-state index is -0.743. The van der Waals surface area contributed by atoms with Crippen molar-refractivity contribution in [2.45, 2.75) is 26.8 Å². The number of aromatic nitrogens is 1. The fourth-order valence-corrected chi connectivity index (χ4v) is 4.01. The van der Waals surface area contributed by atoms with Crippen LogP contribution in [0.15, 0.2) is 43.0 Å². The van der Waals surface area contributed by atoms with Crippen molar-refractivity contribution in [1.29, 1.82) is 0 Å². The fourth-order valence-electron chi connectivity index (χ4n) is 3.78. The highest BCUT2D eigenvalue weighted by atomic mass is 35.5. The van der Waals surface area contributed by atoms with E-state index < -0.39 is 11.7 Å². The van der Waals surface area contributed by atoms with Crippen molar-refractivity contribution in [3.05, 3.63) is 70.6 Å². The van der Waals surface area contributed by atoms with E-state index in [0.717, 1.165) is 11.6 Å². The van der Waals surface area contributed by atoms with E-state index in [-0.39, 0.29) is 23.1 Å². The van der Waals surface area contributed by atoms with Crippen LogP contribution in [0.1, 0.15) is 41.5 Å². The third kappa shape index (κ3) is 3.59. The molecule has 0 spiro atoms. The first-order valence-corrected chi connectivity index (χ1v) is 9.92. The number of aromatic amines is 1. The number of benzene rings is 2. The Kier molecular flexibility index (Phi) is 5.99. The van der Waals surface area contributed by atoms with Crippen LogP contribution >= 0.6 is 11.6 Å². The van der Waals surface area contributed by atoms with E-state index in [9.17, 15) is 9.59 Å². The largest absolute Gasteiger partial charge is 0.366 e. The van der Waals surface area contributed by atoms with Crippen molar-refractivity contribution in [1.82, 2.24) is 9.88 Å². The lowest BCUT2D eigenvalue weighted by atomic mass is 9.95. The van der Waals surface area contributed by atoms with Crippen LogP contribution in [0, 0.1) is 12.7 Å². The van der Waals surface area contributed by atoms with E-state index in [0.29, 0.717) is 33.7 Å². The van der Waals surface area contributed by atoms with Gasteiger partial charge in [-0.3, -0.25) is 9.59 Å². The van der Waals surface area contributed by atoms with Crippen molar-refractivity contribution < 1.29 is 14.0 Å². The first kappa shape index (κ1) is 21.6. The van der Waals surface area contributed by atoms with E-state index in [1.165, 1.54) is 6.08 Å². The summed E-state index contributed by atoms with van der Waals surface area (Å²) in [7, 11) is 0. The number of aryl methyl sites for hydroxylation is 1. The maximum Gasteiger partial charge on any atom is 0.250 e. The number of nitrogens with one attached hydrogen (secondary N) is 1. The average Bonchev–Trinajstić information content (AvgIpc) is 3.02. The summed E-state index contributed by atoms with van der Waals surface area (Å²) in [5.41, 5.74) is 8.18. The average molecular weight is 428 g/mol. The molecule has 1 heterocycles. The number of carbonyl (C=O) groups excluding carboxylic acids is 2. The molecule has 3 rings (SSSR count). The molecule has 30 heavy (non-hydrogen) atoms. The van der Waals surface area contributed by atoms with Crippen molar-refractivity contribution >= 4 is 34.3 Å². The molecule has 1 aromatic heterocycles. The molecule has 0 aliphatic carbocycles. The van der Waals surface area contributed by atoms with Gasteiger partial charge in [-0.1, -0.05) is 36.4 Å². The van der Waals surface area contributed by atoms with Gasteiger partial charge in [0.1, 0.15) is 5.82 Å². The van der Waals surface area contributed by atoms with Crippen LogP contribution in [0.4, 0.5) is 4.39 Å². The smallest absolute Gasteiger partial charge is 0.250 e. The number of rotatable bonds is 6. The topological polar surface area (TPSA) is 79.2 Å². The van der Waals surface area contributed by atoms with Crippen molar-refractivity contribution in [3.8, 4) is 11.1 Å². The molecule has 156 valence electrons. The molecule has 1 atom stereocenters. The summed E-state index contributed by atoms with van der Waals surface area (Å²) in [6.45, 7) is 9.59. The molecule has 0 radical (unpaired) electrons. The monoisotopic (exact) mass is 427 g/mol. The number of amides is 2. The summed E-state index contributed by atoms with van der Waals surface area (Å²) in [5.74, 6) is -1.53. The van der Waals surface area contributed by atoms with Gasteiger partial charge < -0.3 is 15.6 Å². The van der Waals surface area contributed by atoms with Gasteiger partial charge in [0.25, 0.3) is 5.91 Å². The van der Waals surface area contributed by atoms with Gasteiger partial charge in [0.05, 0.1) is 22.1 Å². The van der Waals surface area contributed by atoms with Gasteiger partial charge in [0.15, 0.2) is 0 Å². The van der Waals surface area contributed by atoms with Crippen molar-refractivity contribution in [2.75, 3.05) is 6.54 Å². The van der Waals surface area contributed by atoms with Crippen LogP contribution in [0.3, 0.4) is 0 Å². The summed E-state index contributed by atoms with van der Waals surface area (Å²) in [6.07, 6.45) is 1.28. The zero-order chi connectivity index (χ0) is 22.2. The van der Waals surface area contributed by atoms with E-state index in [1.807, 2.05) is 26.0 Å². The Morgan fingerprint density at radius 2 is 2.07 bits per heavy atom. The molecule has 2 aromatic carbocycles. The zero-order valence-corrected chi connectivity index (χ0v) is 17.8. The van der Waals surface area contributed by atoms with Gasteiger partial charge in [-0.25, -0.2) is 4.39 Å². The number of halogens is 2. The number of likely N-dealkylation sites (N-methyl/N-ethyl adjacent to an activating group) is 1. The molecule has 3 aromatic rings. The van der Waals surface area contributed by atoms with Crippen LogP contribution in [0.2, 0.25) is 5.02 Å². The van der Waals surface area contributed by atoms with Gasteiger partial charge >= 0.3 is 0 Å². The lowest BCUT2D eigenvalue weighted by Crippen LogP contribution is -2.31. The Morgan fingerprint density at radius 1 is 1.37 bits per heavy atom. The lowest BCUT2D eigenvalue weighted by molar-refractivity contribution is -0.127. The Hall–Kier alpha value is -3.12. The number of hydrogen-bond acceptors (Lipinski definition) is 2. The Bertz CT molecular complexity index is 1170. The lowest BCUT2D eigenvalue weighted by Gasteiger charge is -2.27. The quantitative estimate of drug-likeness (QED) is 0.535. The van der Waals surface area contributed by atoms with Crippen LogP contribution in [0.5, 0.6) is 0 Å². The van der Waals surface area contributed by atoms with Crippen LogP contribution in [-0.4, -0.2) is 28.2 Å². The van der Waals surface area contributed by atoms with Gasteiger partial charge in [0, 0.05) is 23.2 Å². The number of carbonyl (C=O) groups is 2. The highest BCUT2D eigenvalue weighted by Gasteiger charge is 2.23. The highest BCUT2D eigenvalue weighted by Crippen LogP contribution is 2.40. The Morgan fingerprint density at radius 3 is 2.67 bits per heavy atom. The second kappa shape index (κ2) is 8.32. The first-order valence-electron chi connectivity index (χ1n) is 9.54. The number of nitrogens with two attached hydrogens (primary N) is 1. The molecule has 7 heteroatoms. The number of nitrogens with zero attached hydrogens (tertiary/aromatic N) is 1. The third-order valence-electron chi connectivity index (χ3n) is 5.33. The predicted octanol–water partition coefficient (Wildman–Crippen LogP) is 5.13. The molecule has 2 amide bonds. The van der Waals surface area contributed by atoms with E-state index in [2.05, 4.69) is 11.6 Å². The summed E-state index contributed by atoms with van der Waals surface area (Å²) in [4.78, 5) is 28.7. The second-order valence-corrected chi connectivity index (χ2v) is 7.47. The number of H-pyrrole nitrogens is 1. The summed E-state index contributed by atoms with van der Waals surface area (Å²) >= 11 is 6.47. The number of hydrogen-bond donors (Lipinski definition) is 2. The summed E-state index contributed by atoms with van der Waals surface area (Å²) in [6, 6.07) is 8.15. The molecule has 0 bridgehead atoms. The molecule has 0 aliphatic rings. The number of primary amides is 1. The zero-order valence-electron chi connectivity index (χ0n) is 17.1. The third-order valence-corrected chi connectivity index (χ3v) is 5.80. The normalized spacial score (nSPS) is 12.0. The minimum absolute atomic E-state index is 0.0412. The molecule has 0 fully saturated rings. The summed E-state index contributed by atoms with van der Waals surface area (Å²) < 4.78 is 15.2. The van der Waals surface area contributed by atoms with Gasteiger partial charge in [-0.05, 0) is 50.1 Å². The Labute approximate surface area is 179 Å². The molecule has 0 aliphatic heterocycles. The maximum atomic E-state index is 15.2. The van der Waals surface area contributed by atoms with Crippen molar-refractivity contribution in [2.24, 2.45) is 5.73 Å². The highest BCUT2D eigenvalue weighted by molar-refractivity contribution is 6.38. The van der Waals surface area contributed by atoms with Gasteiger partial charge in [-0.15, -0.1) is 0 Å². The van der Waals surface area contributed by atoms with Crippen LogP contribution in [0.25, 0.3) is 22.0 Å².